The fraction of sp³-hybridized carbons (Fsp3) is 0.714. The Bertz CT molecular complexity index is 414. The van der Waals surface area contributed by atoms with Crippen LogP contribution in [0.2, 0.25) is 0 Å². The van der Waals surface area contributed by atoms with E-state index in [1.54, 1.807) is 0 Å². The lowest BCUT2D eigenvalue weighted by molar-refractivity contribution is 0.192. The van der Waals surface area contributed by atoms with Crippen molar-refractivity contribution in [1.82, 2.24) is 0 Å². The minimum Gasteiger partial charge on any atom is -0.396 e. The van der Waals surface area contributed by atoms with Gasteiger partial charge in [0.25, 0.3) is 0 Å². The molecule has 0 bridgehead atoms. The average Bonchev–Trinajstić information content (AvgIpc) is 2.61. The van der Waals surface area contributed by atoms with Crippen LogP contribution in [0.3, 0.4) is 0 Å². The molecule has 0 radical (unpaired) electrons. The first kappa shape index (κ1) is 18.5. The van der Waals surface area contributed by atoms with E-state index < -0.39 is 0 Å². The van der Waals surface area contributed by atoms with Gasteiger partial charge in [0.1, 0.15) is 0 Å². The van der Waals surface area contributed by atoms with Crippen molar-refractivity contribution in [3.8, 4) is 0 Å². The van der Waals surface area contributed by atoms with E-state index in [2.05, 4.69) is 31.2 Å². The Morgan fingerprint density at radius 1 is 0.913 bits per heavy atom. The number of hydrogen-bond acceptors (Lipinski definition) is 2. The van der Waals surface area contributed by atoms with Gasteiger partial charge in [-0.2, -0.15) is 0 Å². The third kappa shape index (κ3) is 5.61. The average molecular weight is 319 g/mol. The summed E-state index contributed by atoms with van der Waals surface area (Å²) in [6, 6.07) is 8.59. The fourth-order valence-corrected chi connectivity index (χ4v) is 3.95. The van der Waals surface area contributed by atoms with E-state index in [1.165, 1.54) is 63.4 Å². The zero-order valence-electron chi connectivity index (χ0n) is 14.7. The molecule has 0 spiro atoms. The number of rotatable bonds is 9. The van der Waals surface area contributed by atoms with Gasteiger partial charge in [0, 0.05) is 5.92 Å². The molecule has 1 aliphatic rings. The Hall–Kier alpha value is -0.860. The summed E-state index contributed by atoms with van der Waals surface area (Å²) in [4.78, 5) is 0. The molecule has 1 aromatic carbocycles. The standard InChI is InChI=1S/C21H34O2/c1-2-3-4-5-6-17-7-9-18(10-8-17)19-11-13-20(14-12-19)21(15-22)16-23/h11-14,17-18,21-23H,2-10,15-16H2,1H3. The van der Waals surface area contributed by atoms with Gasteiger partial charge in [0.05, 0.1) is 13.2 Å². The SMILES string of the molecule is CCCCCCC1CCC(c2ccc(C(CO)CO)cc2)CC1. The third-order valence-corrected chi connectivity index (χ3v) is 5.63. The molecule has 2 rings (SSSR count). The number of aliphatic hydroxyl groups excluding tert-OH is 2. The highest BCUT2D eigenvalue weighted by molar-refractivity contribution is 5.28. The molecule has 1 aliphatic carbocycles. The van der Waals surface area contributed by atoms with Gasteiger partial charge in [-0.3, -0.25) is 0 Å². The van der Waals surface area contributed by atoms with Gasteiger partial charge >= 0.3 is 0 Å². The van der Waals surface area contributed by atoms with E-state index >= 15 is 0 Å². The highest BCUT2D eigenvalue weighted by atomic mass is 16.3. The zero-order chi connectivity index (χ0) is 16.5. The van der Waals surface area contributed by atoms with Crippen LogP contribution in [0.5, 0.6) is 0 Å². The molecule has 0 saturated heterocycles. The maximum Gasteiger partial charge on any atom is 0.0521 e. The first-order valence-electron chi connectivity index (χ1n) is 9.60. The fourth-order valence-electron chi connectivity index (χ4n) is 3.95. The van der Waals surface area contributed by atoms with Crippen molar-refractivity contribution in [3.05, 3.63) is 35.4 Å². The van der Waals surface area contributed by atoms with Crippen LogP contribution in [0.15, 0.2) is 24.3 Å². The van der Waals surface area contributed by atoms with Gasteiger partial charge in [-0.15, -0.1) is 0 Å². The molecule has 2 N–H and O–H groups in total. The monoisotopic (exact) mass is 318 g/mol. The van der Waals surface area contributed by atoms with E-state index in [9.17, 15) is 10.2 Å². The van der Waals surface area contributed by atoms with Crippen LogP contribution in [-0.2, 0) is 0 Å². The Morgan fingerprint density at radius 3 is 2.13 bits per heavy atom. The summed E-state index contributed by atoms with van der Waals surface area (Å²) in [5.74, 6) is 1.52. The van der Waals surface area contributed by atoms with E-state index in [4.69, 9.17) is 0 Å². The van der Waals surface area contributed by atoms with Crippen LogP contribution in [0.25, 0.3) is 0 Å². The maximum atomic E-state index is 9.27. The largest absolute Gasteiger partial charge is 0.396 e. The maximum absolute atomic E-state index is 9.27. The number of hydrogen-bond donors (Lipinski definition) is 2. The quantitative estimate of drug-likeness (QED) is 0.629. The van der Waals surface area contributed by atoms with Crippen LogP contribution in [0.1, 0.15) is 87.7 Å². The Kier molecular flexibility index (Phi) is 8.11. The predicted molar refractivity (Wildman–Crippen MR) is 96.8 cm³/mol. The van der Waals surface area contributed by atoms with Crippen molar-refractivity contribution in [2.45, 2.75) is 76.5 Å². The van der Waals surface area contributed by atoms with Crippen molar-refractivity contribution >= 4 is 0 Å². The lowest BCUT2D eigenvalue weighted by Crippen LogP contribution is -2.14. The van der Waals surface area contributed by atoms with Gasteiger partial charge in [0.2, 0.25) is 0 Å². The molecule has 2 heteroatoms. The highest BCUT2D eigenvalue weighted by Gasteiger charge is 2.22. The van der Waals surface area contributed by atoms with Crippen molar-refractivity contribution in [2.75, 3.05) is 13.2 Å². The van der Waals surface area contributed by atoms with Crippen molar-refractivity contribution in [2.24, 2.45) is 5.92 Å². The molecule has 0 heterocycles. The first-order valence-corrected chi connectivity index (χ1v) is 9.60. The van der Waals surface area contributed by atoms with Gasteiger partial charge in [-0.05, 0) is 48.6 Å². The Labute approximate surface area is 141 Å². The number of aliphatic hydroxyl groups is 2. The van der Waals surface area contributed by atoms with Crippen LogP contribution < -0.4 is 0 Å². The molecule has 0 amide bonds. The normalized spacial score (nSPS) is 21.7. The molecular weight excluding hydrogens is 284 g/mol. The molecule has 0 unspecified atom stereocenters. The van der Waals surface area contributed by atoms with E-state index in [1.807, 2.05) is 0 Å². The second-order valence-electron chi connectivity index (χ2n) is 7.30. The molecule has 0 aliphatic heterocycles. The lowest BCUT2D eigenvalue weighted by atomic mass is 9.77. The molecule has 23 heavy (non-hydrogen) atoms. The molecule has 1 fully saturated rings. The molecule has 1 aromatic rings. The van der Waals surface area contributed by atoms with Crippen molar-refractivity contribution in [1.29, 1.82) is 0 Å². The lowest BCUT2D eigenvalue weighted by Gasteiger charge is -2.29. The van der Waals surface area contributed by atoms with Crippen LogP contribution in [-0.4, -0.2) is 23.4 Å². The van der Waals surface area contributed by atoms with E-state index in [-0.39, 0.29) is 19.1 Å². The summed E-state index contributed by atoms with van der Waals surface area (Å²) < 4.78 is 0. The van der Waals surface area contributed by atoms with Crippen LogP contribution in [0.4, 0.5) is 0 Å². The second-order valence-corrected chi connectivity index (χ2v) is 7.30. The summed E-state index contributed by atoms with van der Waals surface area (Å²) in [6.45, 7) is 2.30. The molecule has 0 aromatic heterocycles. The first-order chi connectivity index (χ1) is 11.3. The molecular formula is C21H34O2. The topological polar surface area (TPSA) is 40.5 Å². The highest BCUT2D eigenvalue weighted by Crippen LogP contribution is 2.38. The minimum atomic E-state index is -0.136. The van der Waals surface area contributed by atoms with Gasteiger partial charge < -0.3 is 10.2 Å². The molecule has 0 atom stereocenters. The third-order valence-electron chi connectivity index (χ3n) is 5.63. The number of unbranched alkanes of at least 4 members (excludes halogenated alkanes) is 3. The summed E-state index contributed by atoms with van der Waals surface area (Å²) in [5.41, 5.74) is 2.48. The van der Waals surface area contributed by atoms with Gasteiger partial charge in [-0.25, -0.2) is 0 Å². The predicted octanol–water partition coefficient (Wildman–Crippen LogP) is 5.00. The second kappa shape index (κ2) is 10.1. The van der Waals surface area contributed by atoms with Crippen molar-refractivity contribution in [3.63, 3.8) is 0 Å². The molecule has 130 valence electrons. The summed E-state index contributed by atoms with van der Waals surface area (Å²) in [7, 11) is 0. The zero-order valence-corrected chi connectivity index (χ0v) is 14.7. The van der Waals surface area contributed by atoms with Crippen molar-refractivity contribution < 1.29 is 10.2 Å². The van der Waals surface area contributed by atoms with Crippen LogP contribution in [0, 0.1) is 5.92 Å². The van der Waals surface area contributed by atoms with Gasteiger partial charge in [0.15, 0.2) is 0 Å². The molecule has 2 nitrogen and oxygen atoms in total. The summed E-state index contributed by atoms with van der Waals surface area (Å²) in [5, 5.41) is 18.5. The smallest absolute Gasteiger partial charge is 0.0521 e. The van der Waals surface area contributed by atoms with E-state index in [0.29, 0.717) is 5.92 Å². The summed E-state index contributed by atoms with van der Waals surface area (Å²) >= 11 is 0. The van der Waals surface area contributed by atoms with Gasteiger partial charge in [-0.1, -0.05) is 63.3 Å². The Morgan fingerprint density at radius 2 is 1.57 bits per heavy atom. The van der Waals surface area contributed by atoms with E-state index in [0.717, 1.165) is 11.5 Å². The molecule has 1 saturated carbocycles. The summed E-state index contributed by atoms with van der Waals surface area (Å²) in [6.07, 6.45) is 12.4. The van der Waals surface area contributed by atoms with Crippen LogP contribution >= 0.6 is 0 Å². The minimum absolute atomic E-state index is 0.0129. The Balaban J connectivity index is 1.78. The number of benzene rings is 1.